The van der Waals surface area contributed by atoms with Gasteiger partial charge in [-0.05, 0) is 56.9 Å². The predicted octanol–water partition coefficient (Wildman–Crippen LogP) is 3.00. The van der Waals surface area contributed by atoms with Crippen LogP contribution in [0.3, 0.4) is 0 Å². The van der Waals surface area contributed by atoms with E-state index in [0.717, 1.165) is 42.5 Å². The molecule has 27 heavy (non-hydrogen) atoms. The number of carbonyl (C=O) groups is 1. The number of piperidine rings is 1. The SMILES string of the molecule is CC1CCN(CCCNC(=O)CN(c2cccc(Cl)c2Cl)S(C)(=O)=O)CC1. The third-order valence-electron chi connectivity index (χ3n) is 4.74. The minimum absolute atomic E-state index is 0.108. The van der Waals surface area contributed by atoms with Gasteiger partial charge in [0.25, 0.3) is 0 Å². The highest BCUT2D eigenvalue weighted by Crippen LogP contribution is 2.33. The zero-order valence-electron chi connectivity index (χ0n) is 15.7. The number of rotatable bonds is 8. The maximum absolute atomic E-state index is 12.3. The van der Waals surface area contributed by atoms with Gasteiger partial charge in [0.15, 0.2) is 0 Å². The first-order valence-electron chi connectivity index (χ1n) is 9.09. The van der Waals surface area contributed by atoms with Crippen LogP contribution in [0.5, 0.6) is 0 Å². The lowest BCUT2D eigenvalue weighted by Crippen LogP contribution is -2.41. The summed E-state index contributed by atoms with van der Waals surface area (Å²) < 4.78 is 25.2. The predicted molar refractivity (Wildman–Crippen MR) is 111 cm³/mol. The second kappa shape index (κ2) is 9.96. The summed E-state index contributed by atoms with van der Waals surface area (Å²) in [6.07, 6.45) is 4.30. The van der Waals surface area contributed by atoms with E-state index in [1.54, 1.807) is 12.1 Å². The molecule has 0 bridgehead atoms. The number of hydrogen-bond donors (Lipinski definition) is 1. The Morgan fingerprint density at radius 3 is 2.59 bits per heavy atom. The molecule has 2 rings (SSSR count). The average molecular weight is 436 g/mol. The molecule has 0 aliphatic carbocycles. The summed E-state index contributed by atoms with van der Waals surface area (Å²) in [5.74, 6) is 0.421. The van der Waals surface area contributed by atoms with Crippen LogP contribution in [0.1, 0.15) is 26.2 Å². The van der Waals surface area contributed by atoms with Crippen molar-refractivity contribution in [3.05, 3.63) is 28.2 Å². The quantitative estimate of drug-likeness (QED) is 0.637. The van der Waals surface area contributed by atoms with E-state index in [9.17, 15) is 13.2 Å². The van der Waals surface area contributed by atoms with Crippen molar-refractivity contribution < 1.29 is 13.2 Å². The Hall–Kier alpha value is -1.02. The summed E-state index contributed by atoms with van der Waals surface area (Å²) >= 11 is 12.1. The van der Waals surface area contributed by atoms with Crippen molar-refractivity contribution >= 4 is 44.8 Å². The van der Waals surface area contributed by atoms with Crippen LogP contribution in [0.2, 0.25) is 10.0 Å². The van der Waals surface area contributed by atoms with Crippen LogP contribution in [0, 0.1) is 5.92 Å². The molecular formula is C18H27Cl2N3O3S. The van der Waals surface area contributed by atoms with Gasteiger partial charge in [0.2, 0.25) is 15.9 Å². The summed E-state index contributed by atoms with van der Waals surface area (Å²) in [6.45, 7) is 5.58. The van der Waals surface area contributed by atoms with Crippen molar-refractivity contribution in [3.8, 4) is 0 Å². The Morgan fingerprint density at radius 1 is 1.30 bits per heavy atom. The van der Waals surface area contributed by atoms with E-state index in [2.05, 4.69) is 17.1 Å². The first-order valence-corrected chi connectivity index (χ1v) is 11.7. The van der Waals surface area contributed by atoms with Crippen LogP contribution in [0.4, 0.5) is 5.69 Å². The van der Waals surface area contributed by atoms with Crippen LogP contribution < -0.4 is 9.62 Å². The molecule has 0 aromatic heterocycles. The Balaban J connectivity index is 1.86. The monoisotopic (exact) mass is 435 g/mol. The molecule has 1 heterocycles. The van der Waals surface area contributed by atoms with E-state index in [0.29, 0.717) is 6.54 Å². The fourth-order valence-electron chi connectivity index (χ4n) is 3.07. The normalized spacial score (nSPS) is 16.3. The highest BCUT2D eigenvalue weighted by molar-refractivity contribution is 7.92. The summed E-state index contributed by atoms with van der Waals surface area (Å²) in [4.78, 5) is 14.7. The number of anilines is 1. The summed E-state index contributed by atoms with van der Waals surface area (Å²) in [6, 6.07) is 4.69. The zero-order valence-corrected chi connectivity index (χ0v) is 18.1. The molecule has 1 aromatic rings. The standard InChI is InChI=1S/C18H27Cl2N3O3S/c1-14-7-11-22(12-8-14)10-4-9-21-17(24)13-23(27(2,25)26)16-6-3-5-15(19)18(16)20/h3,5-6,14H,4,7-13H2,1-2H3,(H,21,24). The van der Waals surface area contributed by atoms with Crippen LogP contribution >= 0.6 is 23.2 Å². The first kappa shape index (κ1) is 22.3. The lowest BCUT2D eigenvalue weighted by molar-refractivity contribution is -0.119. The van der Waals surface area contributed by atoms with Gasteiger partial charge in [0.05, 0.1) is 22.0 Å². The lowest BCUT2D eigenvalue weighted by Gasteiger charge is -2.30. The Bertz CT molecular complexity index is 750. The van der Waals surface area contributed by atoms with Gasteiger partial charge in [-0.2, -0.15) is 0 Å². The Labute approximate surface area is 171 Å². The van der Waals surface area contributed by atoms with Crippen LogP contribution in [-0.2, 0) is 14.8 Å². The molecule has 1 saturated heterocycles. The van der Waals surface area contributed by atoms with E-state index in [1.165, 1.54) is 18.9 Å². The van der Waals surface area contributed by atoms with Gasteiger partial charge in [0.1, 0.15) is 6.54 Å². The maximum atomic E-state index is 12.3. The molecule has 0 radical (unpaired) electrons. The first-order chi connectivity index (χ1) is 12.7. The number of likely N-dealkylation sites (tertiary alicyclic amines) is 1. The molecule has 1 fully saturated rings. The smallest absolute Gasteiger partial charge is 0.240 e. The van der Waals surface area contributed by atoms with Crippen LogP contribution in [0.15, 0.2) is 18.2 Å². The average Bonchev–Trinajstić information content (AvgIpc) is 2.60. The second-order valence-electron chi connectivity index (χ2n) is 7.07. The van der Waals surface area contributed by atoms with Gasteiger partial charge in [-0.1, -0.05) is 36.2 Å². The largest absolute Gasteiger partial charge is 0.354 e. The summed E-state index contributed by atoms with van der Waals surface area (Å²) in [5, 5.41) is 3.13. The molecule has 1 aromatic carbocycles. The molecular weight excluding hydrogens is 409 g/mol. The molecule has 0 spiro atoms. The minimum Gasteiger partial charge on any atom is -0.354 e. The zero-order chi connectivity index (χ0) is 20.0. The fourth-order valence-corrected chi connectivity index (χ4v) is 4.38. The molecule has 0 unspecified atom stereocenters. The van der Waals surface area contributed by atoms with Crippen molar-refractivity contribution in [2.24, 2.45) is 5.92 Å². The fraction of sp³-hybridized carbons (Fsp3) is 0.611. The molecule has 0 atom stereocenters. The van der Waals surface area contributed by atoms with Crippen molar-refractivity contribution in [3.63, 3.8) is 0 Å². The highest BCUT2D eigenvalue weighted by Gasteiger charge is 2.24. The Morgan fingerprint density at radius 2 is 1.96 bits per heavy atom. The van der Waals surface area contributed by atoms with Crippen molar-refractivity contribution in [2.45, 2.75) is 26.2 Å². The van der Waals surface area contributed by atoms with Crippen molar-refractivity contribution in [1.82, 2.24) is 10.2 Å². The highest BCUT2D eigenvalue weighted by atomic mass is 35.5. The molecule has 0 saturated carbocycles. The molecule has 152 valence electrons. The number of amides is 1. The van der Waals surface area contributed by atoms with Gasteiger partial charge in [-0.3, -0.25) is 9.10 Å². The molecule has 1 N–H and O–H groups in total. The summed E-state index contributed by atoms with van der Waals surface area (Å²) in [7, 11) is -3.68. The van der Waals surface area contributed by atoms with Gasteiger partial charge < -0.3 is 10.2 Å². The van der Waals surface area contributed by atoms with Crippen LogP contribution in [-0.4, -0.2) is 58.2 Å². The van der Waals surface area contributed by atoms with Crippen molar-refractivity contribution in [2.75, 3.05) is 43.3 Å². The van der Waals surface area contributed by atoms with E-state index < -0.39 is 10.0 Å². The number of halogens is 2. The number of benzene rings is 1. The van der Waals surface area contributed by atoms with Gasteiger partial charge in [0, 0.05) is 6.54 Å². The van der Waals surface area contributed by atoms with Gasteiger partial charge in [-0.15, -0.1) is 0 Å². The summed E-state index contributed by atoms with van der Waals surface area (Å²) in [5.41, 5.74) is 0.198. The molecule has 1 amide bonds. The third kappa shape index (κ3) is 6.82. The minimum atomic E-state index is -3.68. The third-order valence-corrected chi connectivity index (χ3v) is 6.67. The Kier molecular flexibility index (Phi) is 8.21. The topological polar surface area (TPSA) is 69.7 Å². The number of nitrogens with one attached hydrogen (secondary N) is 1. The molecule has 9 heteroatoms. The molecule has 1 aliphatic heterocycles. The number of hydrogen-bond acceptors (Lipinski definition) is 4. The molecule has 1 aliphatic rings. The van der Waals surface area contributed by atoms with E-state index in [-0.39, 0.29) is 28.2 Å². The van der Waals surface area contributed by atoms with Crippen molar-refractivity contribution in [1.29, 1.82) is 0 Å². The second-order valence-corrected chi connectivity index (χ2v) is 9.76. The van der Waals surface area contributed by atoms with E-state index in [1.807, 2.05) is 0 Å². The van der Waals surface area contributed by atoms with Gasteiger partial charge >= 0.3 is 0 Å². The molecule has 6 nitrogen and oxygen atoms in total. The number of carbonyl (C=O) groups excluding carboxylic acids is 1. The number of nitrogens with zero attached hydrogens (tertiary/aromatic N) is 2. The van der Waals surface area contributed by atoms with Gasteiger partial charge in [-0.25, -0.2) is 8.42 Å². The maximum Gasteiger partial charge on any atom is 0.240 e. The number of sulfonamides is 1. The van der Waals surface area contributed by atoms with E-state index >= 15 is 0 Å². The van der Waals surface area contributed by atoms with Crippen LogP contribution in [0.25, 0.3) is 0 Å². The van der Waals surface area contributed by atoms with E-state index in [4.69, 9.17) is 23.2 Å². The lowest BCUT2D eigenvalue weighted by atomic mass is 9.99.